The number of amides is 1. The highest BCUT2D eigenvalue weighted by atomic mass is 79.9. The Morgan fingerprint density at radius 2 is 1.69 bits per heavy atom. The van der Waals surface area contributed by atoms with Gasteiger partial charge in [-0.05, 0) is 55.0 Å². The van der Waals surface area contributed by atoms with Gasteiger partial charge in [0, 0.05) is 17.2 Å². The fourth-order valence-corrected chi connectivity index (χ4v) is 3.75. The number of halogens is 1. The Morgan fingerprint density at radius 1 is 1.07 bits per heavy atom. The second kappa shape index (κ2) is 10.5. The number of benzene rings is 2. The molecule has 2 aromatic rings. The Kier molecular flexibility index (Phi) is 8.36. The Labute approximate surface area is 179 Å². The van der Waals surface area contributed by atoms with E-state index in [1.54, 1.807) is 36.4 Å². The summed E-state index contributed by atoms with van der Waals surface area (Å²) in [5.74, 6) is -0.914. The van der Waals surface area contributed by atoms with E-state index in [2.05, 4.69) is 21.2 Å². The lowest BCUT2D eigenvalue weighted by Crippen LogP contribution is -2.34. The van der Waals surface area contributed by atoms with Crippen LogP contribution in [-0.2, 0) is 19.6 Å². The van der Waals surface area contributed by atoms with E-state index in [4.69, 9.17) is 4.74 Å². The summed E-state index contributed by atoms with van der Waals surface area (Å²) in [6.45, 7) is 2.03. The molecule has 0 saturated heterocycles. The summed E-state index contributed by atoms with van der Waals surface area (Å²) >= 11 is 3.25. The van der Waals surface area contributed by atoms with Crippen molar-refractivity contribution in [1.29, 1.82) is 0 Å². The van der Waals surface area contributed by atoms with E-state index in [1.807, 2.05) is 6.92 Å². The number of nitrogens with zero attached hydrogens (tertiary/aromatic N) is 1. The van der Waals surface area contributed by atoms with Crippen LogP contribution in [0.5, 0.6) is 0 Å². The second-order valence-corrected chi connectivity index (χ2v) is 9.29. The number of esters is 1. The molecule has 0 aliphatic rings. The van der Waals surface area contributed by atoms with Crippen LogP contribution in [0.2, 0.25) is 0 Å². The largest absolute Gasteiger partial charge is 0.462 e. The normalized spacial score (nSPS) is 11.3. The molecule has 0 aromatic heterocycles. The Hall–Kier alpha value is -2.23. The number of carbonyl (C=O) groups excluding carboxylic acids is 2. The molecule has 0 aliphatic heterocycles. The maximum Gasteiger partial charge on any atom is 0.338 e. The van der Waals surface area contributed by atoms with Crippen molar-refractivity contribution in [3.63, 3.8) is 0 Å². The number of rotatable bonds is 9. The molecule has 156 valence electrons. The molecule has 0 unspecified atom stereocenters. The minimum absolute atomic E-state index is 0.0990. The Balaban J connectivity index is 1.94. The topological polar surface area (TPSA) is 92.8 Å². The molecule has 29 heavy (non-hydrogen) atoms. The highest BCUT2D eigenvalue weighted by Crippen LogP contribution is 2.18. The minimum Gasteiger partial charge on any atom is -0.462 e. The Bertz CT molecular complexity index is 944. The van der Waals surface area contributed by atoms with Crippen molar-refractivity contribution in [2.24, 2.45) is 0 Å². The van der Waals surface area contributed by atoms with Crippen LogP contribution in [0.1, 0.15) is 30.1 Å². The van der Waals surface area contributed by atoms with Crippen molar-refractivity contribution in [3.05, 3.63) is 58.6 Å². The van der Waals surface area contributed by atoms with E-state index in [0.29, 0.717) is 17.9 Å². The van der Waals surface area contributed by atoms with E-state index < -0.39 is 21.9 Å². The van der Waals surface area contributed by atoms with Crippen molar-refractivity contribution >= 4 is 43.5 Å². The molecule has 7 nitrogen and oxygen atoms in total. The van der Waals surface area contributed by atoms with Gasteiger partial charge in [-0.1, -0.05) is 29.3 Å². The highest BCUT2D eigenvalue weighted by Gasteiger charge is 2.23. The zero-order valence-electron chi connectivity index (χ0n) is 16.2. The van der Waals surface area contributed by atoms with Crippen molar-refractivity contribution in [2.45, 2.75) is 24.7 Å². The third kappa shape index (κ3) is 6.66. The first-order valence-corrected chi connectivity index (χ1v) is 11.3. The van der Waals surface area contributed by atoms with Crippen molar-refractivity contribution in [1.82, 2.24) is 4.31 Å². The molecule has 0 aliphatic carbocycles. The maximum atomic E-state index is 12.5. The van der Waals surface area contributed by atoms with Crippen LogP contribution in [0.3, 0.4) is 0 Å². The highest BCUT2D eigenvalue weighted by molar-refractivity contribution is 9.10. The van der Waals surface area contributed by atoms with Crippen LogP contribution in [0.4, 0.5) is 5.69 Å². The van der Waals surface area contributed by atoms with Gasteiger partial charge in [-0.25, -0.2) is 13.2 Å². The molecule has 0 radical (unpaired) electrons. The predicted octanol–water partition coefficient (Wildman–Crippen LogP) is 3.67. The summed E-state index contributed by atoms with van der Waals surface area (Å²) < 4.78 is 31.9. The quantitative estimate of drug-likeness (QED) is 0.434. The van der Waals surface area contributed by atoms with Gasteiger partial charge < -0.3 is 10.1 Å². The lowest BCUT2D eigenvalue weighted by atomic mass is 10.2. The smallest absolute Gasteiger partial charge is 0.338 e. The van der Waals surface area contributed by atoms with Gasteiger partial charge in [0.25, 0.3) is 0 Å². The summed E-state index contributed by atoms with van der Waals surface area (Å²) in [5.41, 5.74) is 0.837. The maximum absolute atomic E-state index is 12.5. The molecule has 2 rings (SSSR count). The number of likely N-dealkylation sites (N-methyl/N-ethyl adjacent to an activating group) is 1. The number of hydrogen-bond acceptors (Lipinski definition) is 5. The first kappa shape index (κ1) is 23.1. The van der Waals surface area contributed by atoms with Crippen LogP contribution in [-0.4, -0.2) is 44.8 Å². The van der Waals surface area contributed by atoms with Crippen LogP contribution in [0.25, 0.3) is 0 Å². The second-order valence-electron chi connectivity index (χ2n) is 6.33. The van der Waals surface area contributed by atoms with Crippen LogP contribution < -0.4 is 5.32 Å². The third-order valence-electron chi connectivity index (χ3n) is 4.02. The minimum atomic E-state index is -3.78. The zero-order valence-corrected chi connectivity index (χ0v) is 18.6. The summed E-state index contributed by atoms with van der Waals surface area (Å²) in [4.78, 5) is 24.2. The van der Waals surface area contributed by atoms with Gasteiger partial charge in [-0.2, -0.15) is 4.31 Å². The van der Waals surface area contributed by atoms with E-state index in [0.717, 1.165) is 21.6 Å². The van der Waals surface area contributed by atoms with Crippen molar-refractivity contribution in [2.75, 3.05) is 25.5 Å². The van der Waals surface area contributed by atoms with Crippen LogP contribution in [0.15, 0.2) is 57.9 Å². The SMILES string of the molecule is CCCCOC(=O)c1ccc(NC(=O)CN(C)S(=O)(=O)c2ccc(Br)cc2)cc1. The van der Waals surface area contributed by atoms with E-state index in [-0.39, 0.29) is 11.4 Å². The molecular weight excluding hydrogens is 460 g/mol. The summed E-state index contributed by atoms with van der Waals surface area (Å²) in [6, 6.07) is 12.4. The number of anilines is 1. The molecule has 1 amide bonds. The third-order valence-corrected chi connectivity index (χ3v) is 6.37. The average Bonchev–Trinajstić information content (AvgIpc) is 2.68. The average molecular weight is 483 g/mol. The van der Waals surface area contributed by atoms with Crippen LogP contribution >= 0.6 is 15.9 Å². The molecule has 1 N–H and O–H groups in total. The molecule has 9 heteroatoms. The lowest BCUT2D eigenvalue weighted by molar-refractivity contribution is -0.116. The van der Waals surface area contributed by atoms with Gasteiger partial charge in [0.15, 0.2) is 0 Å². The molecule has 2 aromatic carbocycles. The summed E-state index contributed by atoms with van der Waals surface area (Å²) in [6.07, 6.45) is 1.74. The van der Waals surface area contributed by atoms with Gasteiger partial charge in [0.1, 0.15) is 0 Å². The first-order valence-electron chi connectivity index (χ1n) is 9.03. The number of ether oxygens (including phenoxy) is 1. The monoisotopic (exact) mass is 482 g/mol. The van der Waals surface area contributed by atoms with Gasteiger partial charge in [0.2, 0.25) is 15.9 Å². The number of nitrogens with one attached hydrogen (secondary N) is 1. The molecule has 0 saturated carbocycles. The summed E-state index contributed by atoms with van der Waals surface area (Å²) in [7, 11) is -2.44. The molecule has 0 bridgehead atoms. The predicted molar refractivity (Wildman–Crippen MR) is 114 cm³/mol. The number of unbranched alkanes of at least 4 members (excludes halogenated alkanes) is 1. The summed E-state index contributed by atoms with van der Waals surface area (Å²) in [5, 5.41) is 2.62. The molecular formula is C20H23BrN2O5S. The Morgan fingerprint density at radius 3 is 2.28 bits per heavy atom. The van der Waals surface area contributed by atoms with Crippen molar-refractivity contribution < 1.29 is 22.7 Å². The number of sulfonamides is 1. The lowest BCUT2D eigenvalue weighted by Gasteiger charge is -2.17. The first-order chi connectivity index (χ1) is 13.7. The number of carbonyl (C=O) groups is 2. The van der Waals surface area contributed by atoms with Crippen LogP contribution in [0, 0.1) is 0 Å². The van der Waals surface area contributed by atoms with Gasteiger partial charge in [-0.15, -0.1) is 0 Å². The van der Waals surface area contributed by atoms with Gasteiger partial charge in [-0.3, -0.25) is 4.79 Å². The van der Waals surface area contributed by atoms with Gasteiger partial charge >= 0.3 is 5.97 Å². The van der Waals surface area contributed by atoms with Crippen molar-refractivity contribution in [3.8, 4) is 0 Å². The van der Waals surface area contributed by atoms with E-state index in [9.17, 15) is 18.0 Å². The van der Waals surface area contributed by atoms with Gasteiger partial charge in [0.05, 0.1) is 23.6 Å². The molecule has 0 spiro atoms. The number of hydrogen-bond donors (Lipinski definition) is 1. The molecule has 0 heterocycles. The standard InChI is InChI=1S/C20H23BrN2O5S/c1-3-4-13-28-20(25)15-5-9-17(10-6-15)22-19(24)14-23(2)29(26,27)18-11-7-16(21)8-12-18/h5-12H,3-4,13-14H2,1-2H3,(H,22,24). The molecule has 0 atom stereocenters. The molecule has 0 fully saturated rings. The van der Waals surface area contributed by atoms with E-state index in [1.165, 1.54) is 19.2 Å². The fourth-order valence-electron chi connectivity index (χ4n) is 2.36. The zero-order chi connectivity index (χ0) is 21.4. The fraction of sp³-hybridized carbons (Fsp3) is 0.300. The van der Waals surface area contributed by atoms with E-state index >= 15 is 0 Å².